The molecule has 0 aromatic carbocycles. The van der Waals surface area contributed by atoms with E-state index in [9.17, 15) is 9.59 Å². The van der Waals surface area contributed by atoms with Crippen molar-refractivity contribution in [2.75, 3.05) is 0 Å². The molecular weight excluding hydrogens is 132 g/mol. The molecule has 10 heavy (non-hydrogen) atoms. The van der Waals surface area contributed by atoms with Crippen molar-refractivity contribution in [1.29, 1.82) is 0 Å². The summed E-state index contributed by atoms with van der Waals surface area (Å²) in [7, 11) is 0. The Balaban J connectivity index is 2.82. The predicted octanol–water partition coefficient (Wildman–Crippen LogP) is 0.583. The van der Waals surface area contributed by atoms with Crippen LogP contribution in [0.2, 0.25) is 0 Å². The number of hydrogen-bond donors (Lipinski definition) is 0. The van der Waals surface area contributed by atoms with Gasteiger partial charge in [0.1, 0.15) is 11.7 Å². The van der Waals surface area contributed by atoms with Crippen LogP contribution >= 0.6 is 0 Å². The minimum Gasteiger partial charge on any atom is -0.468 e. The number of furan rings is 1. The van der Waals surface area contributed by atoms with Crippen molar-refractivity contribution >= 4 is 12.6 Å². The van der Waals surface area contributed by atoms with Crippen molar-refractivity contribution in [3.8, 4) is 0 Å². The normalized spacial score (nSPS) is 9.70. The number of hydrogen-bond acceptors (Lipinski definition) is 3. The molecule has 1 heterocycles. The summed E-state index contributed by atoms with van der Waals surface area (Å²) in [6, 6.07) is 3.12. The molecule has 0 spiro atoms. The molecule has 1 aromatic rings. The van der Waals surface area contributed by atoms with Gasteiger partial charge in [-0.3, -0.25) is 9.59 Å². The van der Waals surface area contributed by atoms with E-state index in [1.807, 2.05) is 0 Å². The summed E-state index contributed by atoms with van der Waals surface area (Å²) in [5.74, 6) is -0.708. The molecule has 0 saturated carbocycles. The predicted molar refractivity (Wildman–Crippen MR) is 32.8 cm³/mol. The summed E-state index contributed by atoms with van der Waals surface area (Å²) < 4.78 is 4.75. The molecule has 3 heteroatoms. The molecule has 0 atom stereocenters. The Labute approximate surface area is 57.6 Å². The fourth-order valence-corrected chi connectivity index (χ4v) is 0.596. The lowest BCUT2D eigenvalue weighted by atomic mass is 10.1. The zero-order valence-electron chi connectivity index (χ0n) is 5.03. The number of carbonyl (C=O) groups excluding carboxylic acids is 2. The van der Waals surface area contributed by atoms with E-state index in [1.165, 1.54) is 24.9 Å². The molecule has 0 aliphatic rings. The molecule has 1 rings (SSSR count). The van der Waals surface area contributed by atoms with Crippen LogP contribution in [0.5, 0.6) is 0 Å². The molecule has 1 aromatic heterocycles. The van der Waals surface area contributed by atoms with E-state index in [1.54, 1.807) is 6.07 Å². The van der Waals surface area contributed by atoms with Crippen LogP contribution in [0.25, 0.3) is 0 Å². The van der Waals surface area contributed by atoms with E-state index < -0.39 is 5.92 Å². The largest absolute Gasteiger partial charge is 0.468 e. The van der Waals surface area contributed by atoms with Crippen LogP contribution in [-0.4, -0.2) is 12.6 Å². The van der Waals surface area contributed by atoms with Gasteiger partial charge in [0, 0.05) is 0 Å². The molecule has 0 saturated heterocycles. The maximum Gasteiger partial charge on any atom is 0.218 e. The monoisotopic (exact) mass is 136 g/mol. The van der Waals surface area contributed by atoms with Gasteiger partial charge in [-0.2, -0.15) is 0 Å². The first-order valence-electron chi connectivity index (χ1n) is 2.67. The second-order valence-corrected chi connectivity index (χ2v) is 1.68. The summed E-state index contributed by atoms with van der Waals surface area (Å²) in [6.07, 6.45) is 4.36. The van der Waals surface area contributed by atoms with Crippen LogP contribution in [0.3, 0.4) is 0 Å². The molecule has 2 radical (unpaired) electrons. The average molecular weight is 136 g/mol. The van der Waals surface area contributed by atoms with Gasteiger partial charge in [0.2, 0.25) is 12.6 Å². The van der Waals surface area contributed by atoms with E-state index in [0.717, 1.165) is 0 Å². The summed E-state index contributed by atoms with van der Waals surface area (Å²) in [5.41, 5.74) is 0. The van der Waals surface area contributed by atoms with Gasteiger partial charge < -0.3 is 4.42 Å². The molecule has 0 unspecified atom stereocenters. The molecule has 50 valence electrons. The first-order valence-corrected chi connectivity index (χ1v) is 2.67. The van der Waals surface area contributed by atoms with Crippen LogP contribution in [0.15, 0.2) is 22.8 Å². The maximum absolute atomic E-state index is 9.99. The third kappa shape index (κ3) is 1.13. The van der Waals surface area contributed by atoms with Crippen molar-refractivity contribution in [3.63, 3.8) is 0 Å². The van der Waals surface area contributed by atoms with Crippen LogP contribution in [0.4, 0.5) is 0 Å². The molecule has 0 aliphatic heterocycles. The number of rotatable bonds is 3. The molecule has 0 N–H and O–H groups in total. The minimum atomic E-state index is -0.991. The Hall–Kier alpha value is -1.38. The van der Waals surface area contributed by atoms with E-state index in [4.69, 9.17) is 4.42 Å². The lowest BCUT2D eigenvalue weighted by molar-refractivity contribution is 0.488. The smallest absolute Gasteiger partial charge is 0.218 e. The standard InChI is InChI=1S/C7H4O3/c8-4-6(5-9)7-2-1-3-10-7/h1-3,6H. The van der Waals surface area contributed by atoms with Gasteiger partial charge in [-0.05, 0) is 12.1 Å². The van der Waals surface area contributed by atoms with Crippen LogP contribution < -0.4 is 0 Å². The van der Waals surface area contributed by atoms with Crippen molar-refractivity contribution in [2.45, 2.75) is 5.92 Å². The molecule has 0 fully saturated rings. The summed E-state index contributed by atoms with van der Waals surface area (Å²) in [5, 5.41) is 0. The van der Waals surface area contributed by atoms with Gasteiger partial charge in [0.15, 0.2) is 0 Å². The Bertz CT molecular complexity index is 205. The Morgan fingerprint density at radius 3 is 2.50 bits per heavy atom. The van der Waals surface area contributed by atoms with E-state index >= 15 is 0 Å². The highest BCUT2D eigenvalue weighted by Crippen LogP contribution is 2.10. The summed E-state index contributed by atoms with van der Waals surface area (Å²) >= 11 is 0. The van der Waals surface area contributed by atoms with Crippen molar-refractivity contribution in [3.05, 3.63) is 24.2 Å². The molecule has 0 aliphatic carbocycles. The molecule has 3 nitrogen and oxygen atoms in total. The second-order valence-electron chi connectivity index (χ2n) is 1.68. The van der Waals surface area contributed by atoms with Crippen molar-refractivity contribution in [2.24, 2.45) is 0 Å². The van der Waals surface area contributed by atoms with E-state index in [0.29, 0.717) is 0 Å². The Morgan fingerprint density at radius 2 is 2.10 bits per heavy atom. The highest BCUT2D eigenvalue weighted by Gasteiger charge is 2.12. The quantitative estimate of drug-likeness (QED) is 0.571. The molecular formula is C7H4O3. The summed E-state index contributed by atoms with van der Waals surface area (Å²) in [4.78, 5) is 20.0. The third-order valence-corrected chi connectivity index (χ3v) is 1.06. The van der Waals surface area contributed by atoms with Crippen LogP contribution in [-0.2, 0) is 9.59 Å². The van der Waals surface area contributed by atoms with E-state index in [-0.39, 0.29) is 5.76 Å². The third-order valence-electron chi connectivity index (χ3n) is 1.06. The fourth-order valence-electron chi connectivity index (χ4n) is 0.596. The lowest BCUT2D eigenvalue weighted by Gasteiger charge is -1.90. The van der Waals surface area contributed by atoms with Crippen LogP contribution in [0, 0.1) is 0 Å². The second kappa shape index (κ2) is 2.96. The maximum atomic E-state index is 9.99. The Kier molecular flexibility index (Phi) is 1.99. The first-order chi connectivity index (χ1) is 4.88. The average Bonchev–Trinajstić information content (AvgIpc) is 2.43. The lowest BCUT2D eigenvalue weighted by Crippen LogP contribution is -1.98. The van der Waals surface area contributed by atoms with Gasteiger partial charge in [0.05, 0.1) is 6.26 Å². The highest BCUT2D eigenvalue weighted by molar-refractivity contribution is 5.84. The SMILES string of the molecule is O=[C]C([C]=O)c1ccco1. The Morgan fingerprint density at radius 1 is 1.40 bits per heavy atom. The van der Waals surface area contributed by atoms with Gasteiger partial charge in [-0.1, -0.05) is 0 Å². The summed E-state index contributed by atoms with van der Waals surface area (Å²) in [6.45, 7) is 0. The van der Waals surface area contributed by atoms with Gasteiger partial charge in [0.25, 0.3) is 0 Å². The molecule has 0 bridgehead atoms. The minimum absolute atomic E-state index is 0.282. The van der Waals surface area contributed by atoms with Crippen molar-refractivity contribution in [1.82, 2.24) is 0 Å². The van der Waals surface area contributed by atoms with E-state index in [2.05, 4.69) is 0 Å². The fraction of sp³-hybridized carbons (Fsp3) is 0.143. The van der Waals surface area contributed by atoms with Crippen LogP contribution in [0.1, 0.15) is 11.7 Å². The van der Waals surface area contributed by atoms with Gasteiger partial charge >= 0.3 is 0 Å². The zero-order chi connectivity index (χ0) is 7.40. The zero-order valence-corrected chi connectivity index (χ0v) is 5.03. The topological polar surface area (TPSA) is 47.3 Å². The van der Waals surface area contributed by atoms with Gasteiger partial charge in [-0.25, -0.2) is 0 Å². The molecule has 0 amide bonds. The van der Waals surface area contributed by atoms with Crippen molar-refractivity contribution < 1.29 is 14.0 Å². The highest BCUT2D eigenvalue weighted by atomic mass is 16.3. The van der Waals surface area contributed by atoms with Gasteiger partial charge in [-0.15, -0.1) is 0 Å². The first kappa shape index (κ1) is 6.74.